The molecule has 1 N–H and O–H groups in total. The van der Waals surface area contributed by atoms with Crippen LogP contribution in [0.2, 0.25) is 0 Å². The fourth-order valence-electron chi connectivity index (χ4n) is 1.46. The van der Waals surface area contributed by atoms with Gasteiger partial charge in [0.1, 0.15) is 0 Å². The molecule has 0 radical (unpaired) electrons. The molecular formula is C13H19NO5. The SMILES string of the molecule is COCCNC(=O)COc1cccc(OC)c1OC. The van der Waals surface area contributed by atoms with Crippen LogP contribution in [-0.2, 0) is 9.53 Å². The average Bonchev–Trinajstić information content (AvgIpc) is 2.44. The van der Waals surface area contributed by atoms with Gasteiger partial charge >= 0.3 is 0 Å². The first-order valence-corrected chi connectivity index (χ1v) is 5.82. The molecule has 1 aromatic rings. The lowest BCUT2D eigenvalue weighted by atomic mass is 10.3. The van der Waals surface area contributed by atoms with Crippen molar-refractivity contribution in [2.24, 2.45) is 0 Å². The molecule has 0 unspecified atom stereocenters. The lowest BCUT2D eigenvalue weighted by Gasteiger charge is -2.13. The molecule has 0 aliphatic heterocycles. The van der Waals surface area contributed by atoms with E-state index in [0.717, 1.165) is 0 Å². The Bertz CT molecular complexity index is 408. The summed E-state index contributed by atoms with van der Waals surface area (Å²) in [6.45, 7) is 0.829. The number of carbonyl (C=O) groups excluding carboxylic acids is 1. The largest absolute Gasteiger partial charge is 0.493 e. The Hall–Kier alpha value is -1.95. The lowest BCUT2D eigenvalue weighted by molar-refractivity contribution is -0.123. The maximum atomic E-state index is 11.5. The summed E-state index contributed by atoms with van der Waals surface area (Å²) in [6, 6.07) is 5.23. The molecule has 6 nitrogen and oxygen atoms in total. The van der Waals surface area contributed by atoms with Gasteiger partial charge in [0.05, 0.1) is 20.8 Å². The summed E-state index contributed by atoms with van der Waals surface area (Å²) in [5.41, 5.74) is 0. The first-order chi connectivity index (χ1) is 9.22. The second-order valence-corrected chi connectivity index (χ2v) is 3.62. The van der Waals surface area contributed by atoms with Gasteiger partial charge in [-0.25, -0.2) is 0 Å². The standard InChI is InChI=1S/C13H19NO5/c1-16-8-7-14-12(15)9-19-11-6-4-5-10(17-2)13(11)18-3/h4-6H,7-9H2,1-3H3,(H,14,15). The number of hydrogen-bond acceptors (Lipinski definition) is 5. The van der Waals surface area contributed by atoms with E-state index in [1.165, 1.54) is 7.11 Å². The summed E-state index contributed by atoms with van der Waals surface area (Å²) in [5.74, 6) is 1.26. The highest BCUT2D eigenvalue weighted by atomic mass is 16.5. The molecular weight excluding hydrogens is 250 g/mol. The van der Waals surface area contributed by atoms with Crippen molar-refractivity contribution in [1.29, 1.82) is 0 Å². The van der Waals surface area contributed by atoms with Crippen LogP contribution in [0.5, 0.6) is 17.2 Å². The second-order valence-electron chi connectivity index (χ2n) is 3.62. The molecule has 1 aromatic carbocycles. The predicted octanol–water partition coefficient (Wildman–Crippen LogP) is 0.845. The van der Waals surface area contributed by atoms with Gasteiger partial charge in [-0.05, 0) is 12.1 Å². The summed E-state index contributed by atoms with van der Waals surface area (Å²) >= 11 is 0. The minimum Gasteiger partial charge on any atom is -0.493 e. The van der Waals surface area contributed by atoms with Crippen molar-refractivity contribution in [1.82, 2.24) is 5.32 Å². The van der Waals surface area contributed by atoms with Gasteiger partial charge in [-0.15, -0.1) is 0 Å². The number of carbonyl (C=O) groups is 1. The number of benzene rings is 1. The fraction of sp³-hybridized carbons (Fsp3) is 0.462. The van der Waals surface area contributed by atoms with E-state index in [1.54, 1.807) is 32.4 Å². The van der Waals surface area contributed by atoms with Crippen molar-refractivity contribution in [3.63, 3.8) is 0 Å². The predicted molar refractivity (Wildman–Crippen MR) is 69.9 cm³/mol. The molecule has 0 saturated heterocycles. The van der Waals surface area contributed by atoms with Crippen LogP contribution >= 0.6 is 0 Å². The first kappa shape index (κ1) is 15.1. The summed E-state index contributed by atoms with van der Waals surface area (Å²) in [5, 5.41) is 2.66. The van der Waals surface area contributed by atoms with E-state index in [9.17, 15) is 4.79 Å². The first-order valence-electron chi connectivity index (χ1n) is 5.82. The Labute approximate surface area is 112 Å². The highest BCUT2D eigenvalue weighted by Gasteiger charge is 2.11. The molecule has 0 bridgehead atoms. The average molecular weight is 269 g/mol. The van der Waals surface area contributed by atoms with Crippen molar-refractivity contribution in [2.75, 3.05) is 41.1 Å². The fourth-order valence-corrected chi connectivity index (χ4v) is 1.46. The van der Waals surface area contributed by atoms with Crippen molar-refractivity contribution in [2.45, 2.75) is 0 Å². The monoisotopic (exact) mass is 269 g/mol. The molecule has 0 heterocycles. The van der Waals surface area contributed by atoms with Crippen molar-refractivity contribution >= 4 is 5.91 Å². The molecule has 0 aliphatic carbocycles. The third kappa shape index (κ3) is 4.67. The third-order valence-electron chi connectivity index (χ3n) is 2.35. The molecule has 0 spiro atoms. The Morgan fingerprint density at radius 2 is 1.89 bits per heavy atom. The zero-order chi connectivity index (χ0) is 14.1. The van der Waals surface area contributed by atoms with Crippen molar-refractivity contribution in [3.05, 3.63) is 18.2 Å². The number of methoxy groups -OCH3 is 3. The minimum absolute atomic E-state index is 0.0900. The maximum Gasteiger partial charge on any atom is 0.258 e. The van der Waals surface area contributed by atoms with Crippen LogP contribution in [0.3, 0.4) is 0 Å². The zero-order valence-corrected chi connectivity index (χ0v) is 11.4. The molecule has 1 rings (SSSR count). The maximum absolute atomic E-state index is 11.5. The molecule has 0 saturated carbocycles. The zero-order valence-electron chi connectivity index (χ0n) is 11.4. The quantitative estimate of drug-likeness (QED) is 0.709. The number of rotatable bonds is 8. The highest BCUT2D eigenvalue weighted by Crippen LogP contribution is 2.36. The summed E-state index contributed by atoms with van der Waals surface area (Å²) < 4.78 is 20.6. The Morgan fingerprint density at radius 3 is 2.53 bits per heavy atom. The lowest BCUT2D eigenvalue weighted by Crippen LogP contribution is -2.31. The van der Waals surface area contributed by atoms with Crippen molar-refractivity contribution < 1.29 is 23.7 Å². The summed E-state index contributed by atoms with van der Waals surface area (Å²) in [6.07, 6.45) is 0. The number of amides is 1. The van der Waals surface area contributed by atoms with E-state index >= 15 is 0 Å². The van der Waals surface area contributed by atoms with E-state index in [2.05, 4.69) is 5.32 Å². The normalized spacial score (nSPS) is 9.84. The van der Waals surface area contributed by atoms with Gasteiger partial charge in [-0.3, -0.25) is 4.79 Å². The van der Waals surface area contributed by atoms with Gasteiger partial charge in [0.25, 0.3) is 5.91 Å². The Balaban J connectivity index is 2.55. The number of para-hydroxylation sites is 1. The molecule has 0 atom stereocenters. The van der Waals surface area contributed by atoms with Crippen LogP contribution in [-0.4, -0.2) is 47.0 Å². The van der Waals surface area contributed by atoms with Crippen molar-refractivity contribution in [3.8, 4) is 17.2 Å². The molecule has 106 valence electrons. The molecule has 0 aliphatic rings. The van der Waals surface area contributed by atoms with Gasteiger partial charge in [-0.2, -0.15) is 0 Å². The minimum atomic E-state index is -0.220. The third-order valence-corrected chi connectivity index (χ3v) is 2.35. The smallest absolute Gasteiger partial charge is 0.258 e. The van der Waals surface area contributed by atoms with Crippen LogP contribution in [0.25, 0.3) is 0 Å². The molecule has 19 heavy (non-hydrogen) atoms. The van der Waals surface area contributed by atoms with Gasteiger partial charge in [0.2, 0.25) is 5.75 Å². The van der Waals surface area contributed by atoms with E-state index in [1.807, 2.05) is 0 Å². The molecule has 1 amide bonds. The number of ether oxygens (including phenoxy) is 4. The molecule has 0 fully saturated rings. The van der Waals surface area contributed by atoms with Gasteiger partial charge in [0, 0.05) is 13.7 Å². The van der Waals surface area contributed by atoms with E-state index in [-0.39, 0.29) is 12.5 Å². The highest BCUT2D eigenvalue weighted by molar-refractivity contribution is 5.77. The van der Waals surface area contributed by atoms with Crippen LogP contribution in [0, 0.1) is 0 Å². The molecule has 6 heteroatoms. The van der Waals surface area contributed by atoms with Gasteiger partial charge in [-0.1, -0.05) is 6.07 Å². The van der Waals surface area contributed by atoms with E-state index in [0.29, 0.717) is 30.4 Å². The Morgan fingerprint density at radius 1 is 1.16 bits per heavy atom. The van der Waals surface area contributed by atoms with Crippen LogP contribution in [0.15, 0.2) is 18.2 Å². The van der Waals surface area contributed by atoms with E-state index < -0.39 is 0 Å². The van der Waals surface area contributed by atoms with Gasteiger partial charge < -0.3 is 24.3 Å². The van der Waals surface area contributed by atoms with Crippen LogP contribution in [0.4, 0.5) is 0 Å². The summed E-state index contributed by atoms with van der Waals surface area (Å²) in [7, 11) is 4.63. The summed E-state index contributed by atoms with van der Waals surface area (Å²) in [4.78, 5) is 11.5. The molecule has 0 aromatic heterocycles. The van der Waals surface area contributed by atoms with E-state index in [4.69, 9.17) is 18.9 Å². The second kappa shape index (κ2) is 8.20. The number of nitrogens with one attached hydrogen (secondary N) is 1. The topological polar surface area (TPSA) is 66.0 Å². The van der Waals surface area contributed by atoms with Gasteiger partial charge in [0.15, 0.2) is 18.1 Å². The Kier molecular flexibility index (Phi) is 6.52. The van der Waals surface area contributed by atoms with Crippen LogP contribution in [0.1, 0.15) is 0 Å². The number of hydrogen-bond donors (Lipinski definition) is 1. The van der Waals surface area contributed by atoms with Crippen LogP contribution < -0.4 is 19.5 Å².